The minimum absolute atomic E-state index is 0.0128. The van der Waals surface area contributed by atoms with Crippen LogP contribution in [0.5, 0.6) is 17.2 Å². The molecule has 1 saturated heterocycles. The third kappa shape index (κ3) is 5.62. The zero-order chi connectivity index (χ0) is 31.1. The van der Waals surface area contributed by atoms with Gasteiger partial charge in [0.1, 0.15) is 17.6 Å². The normalized spacial score (nSPS) is 19.1. The van der Waals surface area contributed by atoms with Crippen molar-refractivity contribution < 1.29 is 28.9 Å². The van der Waals surface area contributed by atoms with Crippen molar-refractivity contribution in [3.63, 3.8) is 0 Å². The Labute approximate surface area is 264 Å². The van der Waals surface area contributed by atoms with Crippen molar-refractivity contribution in [2.45, 2.75) is 52.7 Å². The third-order valence-corrected chi connectivity index (χ3v) is 8.95. The van der Waals surface area contributed by atoms with Gasteiger partial charge in [0.15, 0.2) is 16.6 Å². The van der Waals surface area contributed by atoms with Gasteiger partial charge in [0.2, 0.25) is 0 Å². The van der Waals surface area contributed by atoms with Crippen molar-refractivity contribution in [3.8, 4) is 17.2 Å². The van der Waals surface area contributed by atoms with Crippen LogP contribution in [0.2, 0.25) is 5.02 Å². The molecule has 10 heteroatoms. The molecule has 2 unspecified atom stereocenters. The van der Waals surface area contributed by atoms with Gasteiger partial charge in [0.05, 0.1) is 35.0 Å². The van der Waals surface area contributed by atoms with Gasteiger partial charge in [0.25, 0.3) is 5.78 Å². The zero-order valence-electron chi connectivity index (χ0n) is 24.9. The fraction of sp³-hybridized carbons (Fsp3) is 0.324. The van der Waals surface area contributed by atoms with Gasteiger partial charge in [-0.05, 0) is 85.8 Å². The number of hydrogen-bond acceptors (Lipinski definition) is 8. The molecule has 0 saturated carbocycles. The number of benzene rings is 3. The minimum Gasteiger partial charge on any atom is -0.507 e. The monoisotopic (exact) mass is 632 g/mol. The second-order valence-corrected chi connectivity index (χ2v) is 12.8. The Hall–Kier alpha value is -4.08. The summed E-state index contributed by atoms with van der Waals surface area (Å²) < 4.78 is 18.6. The molecule has 1 aromatic heterocycles. The Morgan fingerprint density at radius 1 is 1.11 bits per heavy atom. The maximum absolute atomic E-state index is 13.8. The van der Waals surface area contributed by atoms with Crippen LogP contribution in [0.25, 0.3) is 16.0 Å². The van der Waals surface area contributed by atoms with Crippen molar-refractivity contribution in [2.75, 3.05) is 18.1 Å². The summed E-state index contributed by atoms with van der Waals surface area (Å²) in [7, 11) is 0. The van der Waals surface area contributed by atoms with Gasteiger partial charge >= 0.3 is 5.91 Å². The SMILES string of the molecule is CCOc1cc(C2/C(=C(/O)c3ccc4c(c3)CC(C)O4)C(=O)C(=O)N2c2nc3ccc(Cl)cc3s2)ccc1OCCC(C)C. The van der Waals surface area contributed by atoms with Gasteiger partial charge in [-0.3, -0.25) is 14.5 Å². The Morgan fingerprint density at radius 2 is 1.93 bits per heavy atom. The molecule has 0 radical (unpaired) electrons. The van der Waals surface area contributed by atoms with E-state index >= 15 is 0 Å². The Kier molecular flexibility index (Phi) is 8.26. The van der Waals surface area contributed by atoms with E-state index in [0.29, 0.717) is 63.8 Å². The summed E-state index contributed by atoms with van der Waals surface area (Å²) in [6.45, 7) is 9.01. The van der Waals surface area contributed by atoms with E-state index in [9.17, 15) is 14.7 Å². The van der Waals surface area contributed by atoms with E-state index in [1.165, 1.54) is 16.2 Å². The van der Waals surface area contributed by atoms with Gasteiger partial charge in [-0.1, -0.05) is 42.9 Å². The molecular weight excluding hydrogens is 600 g/mol. The molecular formula is C34H33ClN2O6S. The maximum Gasteiger partial charge on any atom is 0.301 e. The predicted molar refractivity (Wildman–Crippen MR) is 172 cm³/mol. The molecule has 228 valence electrons. The number of anilines is 1. The summed E-state index contributed by atoms with van der Waals surface area (Å²) in [4.78, 5) is 33.6. The number of nitrogens with zero attached hydrogens (tertiary/aromatic N) is 2. The summed E-state index contributed by atoms with van der Waals surface area (Å²) in [6.07, 6.45) is 1.57. The Bertz CT molecular complexity index is 1800. The highest BCUT2D eigenvalue weighted by atomic mass is 35.5. The number of thiazole rings is 1. The number of fused-ring (bicyclic) bond motifs is 2. The summed E-state index contributed by atoms with van der Waals surface area (Å²) >= 11 is 7.48. The van der Waals surface area contributed by atoms with E-state index in [1.807, 2.05) is 19.9 Å². The molecule has 3 aromatic carbocycles. The van der Waals surface area contributed by atoms with Crippen LogP contribution in [0, 0.1) is 5.92 Å². The number of aromatic nitrogens is 1. The van der Waals surface area contributed by atoms with Gasteiger partial charge in [-0.2, -0.15) is 0 Å². The van der Waals surface area contributed by atoms with E-state index in [1.54, 1.807) is 48.5 Å². The summed E-state index contributed by atoms with van der Waals surface area (Å²) in [5, 5.41) is 12.6. The Balaban J connectivity index is 1.50. The van der Waals surface area contributed by atoms with Crippen LogP contribution in [-0.4, -0.2) is 41.1 Å². The van der Waals surface area contributed by atoms with Crippen LogP contribution in [0.4, 0.5) is 5.13 Å². The number of amides is 1. The van der Waals surface area contributed by atoms with Crippen LogP contribution >= 0.6 is 22.9 Å². The summed E-state index contributed by atoms with van der Waals surface area (Å²) in [5.74, 6) is 0.420. The zero-order valence-corrected chi connectivity index (χ0v) is 26.5. The molecule has 1 fully saturated rings. The fourth-order valence-corrected chi connectivity index (χ4v) is 6.81. The number of rotatable bonds is 9. The number of ketones is 1. The smallest absolute Gasteiger partial charge is 0.301 e. The first kappa shape index (κ1) is 30.0. The van der Waals surface area contributed by atoms with Gasteiger partial charge in [-0.25, -0.2) is 4.98 Å². The fourth-order valence-electron chi connectivity index (χ4n) is 5.55. The van der Waals surface area contributed by atoms with E-state index < -0.39 is 17.7 Å². The lowest BCUT2D eigenvalue weighted by molar-refractivity contribution is -0.132. The molecule has 2 aliphatic heterocycles. The second-order valence-electron chi connectivity index (χ2n) is 11.4. The van der Waals surface area contributed by atoms with Crippen molar-refractivity contribution in [2.24, 2.45) is 5.92 Å². The lowest BCUT2D eigenvalue weighted by atomic mass is 9.94. The molecule has 3 heterocycles. The average Bonchev–Trinajstić information content (AvgIpc) is 3.65. The van der Waals surface area contributed by atoms with Crippen LogP contribution in [-0.2, 0) is 16.0 Å². The highest BCUT2D eigenvalue weighted by Crippen LogP contribution is 2.46. The minimum atomic E-state index is -0.974. The van der Waals surface area contributed by atoms with Crippen molar-refractivity contribution in [3.05, 3.63) is 81.9 Å². The molecule has 2 aliphatic rings. The molecule has 0 bridgehead atoms. The largest absolute Gasteiger partial charge is 0.507 e. The van der Waals surface area contributed by atoms with Crippen LogP contribution in [0.3, 0.4) is 0 Å². The van der Waals surface area contributed by atoms with E-state index in [4.69, 9.17) is 25.8 Å². The number of aliphatic hydroxyl groups excluding tert-OH is 1. The van der Waals surface area contributed by atoms with E-state index in [-0.39, 0.29) is 17.4 Å². The van der Waals surface area contributed by atoms with Crippen molar-refractivity contribution >= 4 is 55.7 Å². The maximum atomic E-state index is 13.8. The topological polar surface area (TPSA) is 98.2 Å². The molecule has 0 spiro atoms. The number of hydrogen-bond donors (Lipinski definition) is 1. The first-order valence-electron chi connectivity index (χ1n) is 14.7. The van der Waals surface area contributed by atoms with Crippen LogP contribution in [0.1, 0.15) is 56.8 Å². The van der Waals surface area contributed by atoms with Crippen molar-refractivity contribution in [1.82, 2.24) is 4.98 Å². The quantitative estimate of drug-likeness (QED) is 0.115. The number of aliphatic hydroxyl groups is 1. The molecule has 8 nitrogen and oxygen atoms in total. The Morgan fingerprint density at radius 3 is 2.70 bits per heavy atom. The molecule has 2 atom stereocenters. The molecule has 6 rings (SSSR count). The molecule has 0 aliphatic carbocycles. The average molecular weight is 633 g/mol. The van der Waals surface area contributed by atoms with Gasteiger partial charge in [-0.15, -0.1) is 0 Å². The molecule has 44 heavy (non-hydrogen) atoms. The first-order valence-corrected chi connectivity index (χ1v) is 15.9. The highest BCUT2D eigenvalue weighted by molar-refractivity contribution is 7.22. The van der Waals surface area contributed by atoms with Crippen LogP contribution < -0.4 is 19.1 Å². The highest BCUT2D eigenvalue weighted by Gasteiger charge is 2.48. The second kappa shape index (κ2) is 12.1. The number of halogens is 1. The van der Waals surface area contributed by atoms with E-state index in [2.05, 4.69) is 18.8 Å². The van der Waals surface area contributed by atoms with Gasteiger partial charge < -0.3 is 19.3 Å². The molecule has 1 N–H and O–H groups in total. The van der Waals surface area contributed by atoms with Crippen molar-refractivity contribution in [1.29, 1.82) is 0 Å². The lowest BCUT2D eigenvalue weighted by Crippen LogP contribution is -2.29. The summed E-state index contributed by atoms with van der Waals surface area (Å²) in [6, 6.07) is 15.0. The number of carbonyl (C=O) groups excluding carboxylic acids is 2. The molecule has 1 amide bonds. The standard InChI is InChI=1S/C34H33ClN2O6S/c1-5-41-27-16-20(6-11-26(27)42-13-12-18(2)3)30-29(31(38)21-7-10-25-22(15-21)14-19(4)43-25)32(39)33(40)37(30)34-36-24-9-8-23(35)17-28(24)44-34/h6-11,15-19,30,38H,5,12-14H2,1-4H3/b31-29-. The lowest BCUT2D eigenvalue weighted by Gasteiger charge is -2.24. The first-order chi connectivity index (χ1) is 21.1. The summed E-state index contributed by atoms with van der Waals surface area (Å²) in [5.41, 5.74) is 2.54. The number of carbonyl (C=O) groups is 2. The third-order valence-electron chi connectivity index (χ3n) is 7.70. The number of ether oxygens (including phenoxy) is 3. The van der Waals surface area contributed by atoms with E-state index in [0.717, 1.165) is 22.4 Å². The van der Waals surface area contributed by atoms with Gasteiger partial charge in [0, 0.05) is 17.0 Å². The molecule has 4 aromatic rings. The predicted octanol–water partition coefficient (Wildman–Crippen LogP) is 7.72. The van der Waals surface area contributed by atoms with Crippen LogP contribution in [0.15, 0.2) is 60.2 Å². The number of Topliss-reactive ketones (excluding diaryl/α,β-unsaturated/α-hetero) is 1.